The van der Waals surface area contributed by atoms with Crippen LogP contribution in [0.3, 0.4) is 0 Å². The van der Waals surface area contributed by atoms with Crippen LogP contribution in [0.15, 0.2) is 54.6 Å². The molecule has 0 unspecified atom stereocenters. The highest BCUT2D eigenvalue weighted by molar-refractivity contribution is 7.92. The van der Waals surface area contributed by atoms with Gasteiger partial charge in [-0.25, -0.2) is 8.42 Å². The summed E-state index contributed by atoms with van der Waals surface area (Å²) in [5, 5.41) is 2.90. The molecule has 0 bridgehead atoms. The Bertz CT molecular complexity index is 1040. The molecular weight excluding hydrogens is 442 g/mol. The number of para-hydroxylation sites is 2. The molecule has 0 aliphatic carbocycles. The number of anilines is 1. The van der Waals surface area contributed by atoms with E-state index >= 15 is 0 Å². The molecule has 0 aliphatic rings. The van der Waals surface area contributed by atoms with Crippen molar-refractivity contribution in [3.8, 4) is 5.75 Å². The molecule has 9 heteroatoms. The van der Waals surface area contributed by atoms with Gasteiger partial charge in [0.25, 0.3) is 0 Å². The molecule has 0 heterocycles. The van der Waals surface area contributed by atoms with Crippen molar-refractivity contribution in [2.75, 3.05) is 24.2 Å². The molecule has 2 atom stereocenters. The van der Waals surface area contributed by atoms with Crippen molar-refractivity contribution in [1.82, 2.24) is 10.2 Å². The zero-order valence-corrected chi connectivity index (χ0v) is 20.6. The monoisotopic (exact) mass is 475 g/mol. The Labute approximate surface area is 196 Å². The lowest BCUT2D eigenvalue weighted by Crippen LogP contribution is -2.52. The van der Waals surface area contributed by atoms with Gasteiger partial charge in [0, 0.05) is 12.6 Å². The lowest BCUT2D eigenvalue weighted by Gasteiger charge is -2.32. The SMILES string of the molecule is CC[C@@H](C)NC(=O)[C@@H](C)N(Cc1ccccc1)C(=O)CN(c1ccccc1OC)S(C)(=O)=O. The van der Waals surface area contributed by atoms with E-state index in [0.717, 1.165) is 22.5 Å². The van der Waals surface area contributed by atoms with Gasteiger partial charge < -0.3 is 15.0 Å². The van der Waals surface area contributed by atoms with Gasteiger partial charge in [0.2, 0.25) is 21.8 Å². The van der Waals surface area contributed by atoms with Gasteiger partial charge >= 0.3 is 0 Å². The third kappa shape index (κ3) is 7.21. The summed E-state index contributed by atoms with van der Waals surface area (Å²) in [5.74, 6) is -0.466. The predicted octanol–water partition coefficient (Wildman–Crippen LogP) is 2.79. The third-order valence-electron chi connectivity index (χ3n) is 5.40. The summed E-state index contributed by atoms with van der Waals surface area (Å²) in [7, 11) is -2.38. The zero-order chi connectivity index (χ0) is 24.6. The van der Waals surface area contributed by atoms with Gasteiger partial charge in [-0.3, -0.25) is 13.9 Å². The first-order valence-corrected chi connectivity index (χ1v) is 12.7. The number of methoxy groups -OCH3 is 1. The number of hydrogen-bond acceptors (Lipinski definition) is 5. The van der Waals surface area contributed by atoms with Gasteiger partial charge in [0.1, 0.15) is 18.3 Å². The highest BCUT2D eigenvalue weighted by Gasteiger charge is 2.31. The molecule has 0 aliphatic heterocycles. The summed E-state index contributed by atoms with van der Waals surface area (Å²) in [6.45, 7) is 5.19. The van der Waals surface area contributed by atoms with E-state index in [9.17, 15) is 18.0 Å². The number of rotatable bonds is 11. The maximum atomic E-state index is 13.5. The lowest BCUT2D eigenvalue weighted by molar-refractivity contribution is -0.139. The Morgan fingerprint density at radius 2 is 1.64 bits per heavy atom. The highest BCUT2D eigenvalue weighted by Crippen LogP contribution is 2.29. The molecule has 0 aromatic heterocycles. The number of carbonyl (C=O) groups is 2. The fourth-order valence-electron chi connectivity index (χ4n) is 3.26. The molecule has 0 fully saturated rings. The molecule has 8 nitrogen and oxygen atoms in total. The summed E-state index contributed by atoms with van der Waals surface area (Å²) in [4.78, 5) is 27.7. The Hall–Kier alpha value is -3.07. The van der Waals surface area contributed by atoms with Crippen LogP contribution in [0, 0.1) is 0 Å². The number of amides is 2. The predicted molar refractivity (Wildman–Crippen MR) is 130 cm³/mol. The molecule has 0 saturated carbocycles. The van der Waals surface area contributed by atoms with Gasteiger partial charge in [-0.05, 0) is 38.0 Å². The van der Waals surface area contributed by atoms with Crippen LogP contribution in [0.1, 0.15) is 32.8 Å². The minimum Gasteiger partial charge on any atom is -0.495 e. The summed E-state index contributed by atoms with van der Waals surface area (Å²) >= 11 is 0. The number of benzene rings is 2. The fraction of sp³-hybridized carbons (Fsp3) is 0.417. The van der Waals surface area contributed by atoms with Gasteiger partial charge in [0.05, 0.1) is 19.1 Å². The lowest BCUT2D eigenvalue weighted by atomic mass is 10.1. The summed E-state index contributed by atoms with van der Waals surface area (Å²) in [6.07, 6.45) is 1.79. The standard InChI is InChI=1S/C24H33N3O5S/c1-6-18(2)25-24(29)19(3)26(16-20-12-8-7-9-13-20)23(28)17-27(33(5,30)31)21-14-10-11-15-22(21)32-4/h7-15,18-19H,6,16-17H2,1-5H3,(H,25,29)/t18-,19-/m1/s1. The molecule has 1 N–H and O–H groups in total. The fourth-order valence-corrected chi connectivity index (χ4v) is 4.11. The second-order valence-corrected chi connectivity index (χ2v) is 9.85. The number of sulfonamides is 1. The van der Waals surface area contributed by atoms with E-state index in [1.165, 1.54) is 12.0 Å². The molecule has 0 spiro atoms. The minimum absolute atomic E-state index is 0.0466. The van der Waals surface area contributed by atoms with Crippen molar-refractivity contribution < 1.29 is 22.7 Å². The van der Waals surface area contributed by atoms with Crippen molar-refractivity contribution in [3.63, 3.8) is 0 Å². The quantitative estimate of drug-likeness (QED) is 0.539. The van der Waals surface area contributed by atoms with Crippen LogP contribution < -0.4 is 14.4 Å². The molecule has 33 heavy (non-hydrogen) atoms. The average molecular weight is 476 g/mol. The van der Waals surface area contributed by atoms with E-state index in [1.54, 1.807) is 31.2 Å². The van der Waals surface area contributed by atoms with E-state index in [0.29, 0.717) is 5.75 Å². The van der Waals surface area contributed by atoms with Crippen molar-refractivity contribution >= 4 is 27.5 Å². The van der Waals surface area contributed by atoms with Crippen molar-refractivity contribution in [1.29, 1.82) is 0 Å². The zero-order valence-electron chi connectivity index (χ0n) is 19.8. The average Bonchev–Trinajstić information content (AvgIpc) is 2.80. The summed E-state index contributed by atoms with van der Waals surface area (Å²) in [6, 6.07) is 15.0. The molecular formula is C24H33N3O5S. The van der Waals surface area contributed by atoms with Crippen LogP contribution in [0.5, 0.6) is 5.75 Å². The van der Waals surface area contributed by atoms with Crippen LogP contribution in [-0.4, -0.2) is 57.1 Å². The van der Waals surface area contributed by atoms with E-state index in [-0.39, 0.29) is 24.2 Å². The molecule has 180 valence electrons. The Kier molecular flexibility index (Phi) is 9.28. The van der Waals surface area contributed by atoms with E-state index in [4.69, 9.17) is 4.74 Å². The van der Waals surface area contributed by atoms with Crippen LogP contribution in [0.25, 0.3) is 0 Å². The van der Waals surface area contributed by atoms with Crippen LogP contribution in [-0.2, 0) is 26.2 Å². The molecule has 2 amide bonds. The first-order valence-electron chi connectivity index (χ1n) is 10.8. The molecule has 2 rings (SSSR count). The Balaban J connectivity index is 2.39. The molecule has 2 aromatic carbocycles. The number of carbonyl (C=O) groups excluding carboxylic acids is 2. The normalized spacial score (nSPS) is 13.0. The van der Waals surface area contributed by atoms with Crippen molar-refractivity contribution in [3.05, 3.63) is 60.2 Å². The maximum absolute atomic E-state index is 13.5. The van der Waals surface area contributed by atoms with Gasteiger partial charge in [-0.15, -0.1) is 0 Å². The number of nitrogens with zero attached hydrogens (tertiary/aromatic N) is 2. The smallest absolute Gasteiger partial charge is 0.244 e. The van der Waals surface area contributed by atoms with Crippen molar-refractivity contribution in [2.24, 2.45) is 0 Å². The summed E-state index contributed by atoms with van der Waals surface area (Å²) < 4.78 is 31.6. The largest absolute Gasteiger partial charge is 0.495 e. The number of nitrogens with one attached hydrogen (secondary N) is 1. The molecule has 2 aromatic rings. The topological polar surface area (TPSA) is 96.0 Å². The van der Waals surface area contributed by atoms with E-state index < -0.39 is 28.5 Å². The molecule has 0 saturated heterocycles. The number of hydrogen-bond donors (Lipinski definition) is 1. The van der Waals surface area contributed by atoms with Crippen LogP contribution >= 0.6 is 0 Å². The summed E-state index contributed by atoms with van der Waals surface area (Å²) in [5.41, 5.74) is 1.09. The Morgan fingerprint density at radius 3 is 2.21 bits per heavy atom. The molecule has 0 radical (unpaired) electrons. The maximum Gasteiger partial charge on any atom is 0.244 e. The van der Waals surface area contributed by atoms with E-state index in [2.05, 4.69) is 5.32 Å². The van der Waals surface area contributed by atoms with Crippen LogP contribution in [0.4, 0.5) is 5.69 Å². The van der Waals surface area contributed by atoms with Gasteiger partial charge in [-0.2, -0.15) is 0 Å². The van der Waals surface area contributed by atoms with Gasteiger partial charge in [0.15, 0.2) is 0 Å². The van der Waals surface area contributed by atoms with E-state index in [1.807, 2.05) is 44.2 Å². The minimum atomic E-state index is -3.82. The first-order chi connectivity index (χ1) is 15.6. The number of ether oxygens (including phenoxy) is 1. The Morgan fingerprint density at radius 1 is 1.03 bits per heavy atom. The first kappa shape index (κ1) is 26.2. The highest BCUT2D eigenvalue weighted by atomic mass is 32.2. The van der Waals surface area contributed by atoms with Gasteiger partial charge in [-0.1, -0.05) is 49.4 Å². The third-order valence-corrected chi connectivity index (χ3v) is 6.52. The second-order valence-electron chi connectivity index (χ2n) is 7.94. The van der Waals surface area contributed by atoms with Crippen LogP contribution in [0.2, 0.25) is 0 Å². The second kappa shape index (κ2) is 11.7. The van der Waals surface area contributed by atoms with Crippen molar-refractivity contribution in [2.45, 2.75) is 45.8 Å².